The first-order chi connectivity index (χ1) is 7.13. The molecule has 0 aromatic heterocycles. The number of rotatable bonds is 4. The van der Waals surface area contributed by atoms with Crippen LogP contribution in [0.4, 0.5) is 0 Å². The molecular weight excluding hydrogens is 194 g/mol. The molecule has 0 heterocycles. The lowest BCUT2D eigenvalue weighted by atomic mass is 10.2. The van der Waals surface area contributed by atoms with Crippen LogP contribution in [0.25, 0.3) is 0 Å². The predicted molar refractivity (Wildman–Crippen MR) is 55.5 cm³/mol. The first-order valence-corrected chi connectivity index (χ1v) is 4.31. The predicted octanol–water partition coefficient (Wildman–Crippen LogP) is 0.459. The van der Waals surface area contributed by atoms with Gasteiger partial charge in [0.25, 0.3) is 0 Å². The van der Waals surface area contributed by atoms with E-state index in [4.69, 9.17) is 22.0 Å². The molecule has 0 aliphatic rings. The quantitative estimate of drug-likeness (QED) is 0.700. The summed E-state index contributed by atoms with van der Waals surface area (Å²) in [5, 5.41) is 8.51. The molecular formula is C11H11NO3. The highest BCUT2D eigenvalue weighted by atomic mass is 16.5. The summed E-state index contributed by atoms with van der Waals surface area (Å²) in [6.45, 7) is -0.0647. The number of aliphatic carboxylic acids is 1. The molecule has 0 amide bonds. The van der Waals surface area contributed by atoms with Crippen molar-refractivity contribution < 1.29 is 14.6 Å². The Kier molecular flexibility index (Phi) is 3.72. The summed E-state index contributed by atoms with van der Waals surface area (Å²) in [5.74, 6) is 1.92. The second-order valence-corrected chi connectivity index (χ2v) is 2.92. The third-order valence-corrected chi connectivity index (χ3v) is 1.77. The van der Waals surface area contributed by atoms with E-state index < -0.39 is 12.0 Å². The lowest BCUT2D eigenvalue weighted by molar-refractivity contribution is -0.139. The summed E-state index contributed by atoms with van der Waals surface area (Å²) in [6.07, 6.45) is 5.17. The molecule has 1 aromatic rings. The molecule has 0 radical (unpaired) electrons. The standard InChI is InChI=1S/C11H11NO3/c1-2-8-3-5-9(6-4-8)15-7-10(12)11(13)14/h1,3-6,10H,7,12H2,(H,13,14). The zero-order chi connectivity index (χ0) is 11.3. The average molecular weight is 205 g/mol. The maximum absolute atomic E-state index is 10.4. The molecule has 4 nitrogen and oxygen atoms in total. The summed E-state index contributed by atoms with van der Waals surface area (Å²) >= 11 is 0. The molecule has 1 aromatic carbocycles. The van der Waals surface area contributed by atoms with Crippen LogP contribution < -0.4 is 10.5 Å². The fourth-order valence-corrected chi connectivity index (χ4v) is 0.905. The lowest BCUT2D eigenvalue weighted by Gasteiger charge is -2.08. The van der Waals surface area contributed by atoms with Crippen molar-refractivity contribution in [2.75, 3.05) is 6.61 Å². The number of carboxylic acid groups (broad SMARTS) is 1. The molecule has 0 bridgehead atoms. The third-order valence-electron chi connectivity index (χ3n) is 1.77. The molecule has 1 unspecified atom stereocenters. The van der Waals surface area contributed by atoms with Gasteiger partial charge >= 0.3 is 5.97 Å². The van der Waals surface area contributed by atoms with Gasteiger partial charge in [0, 0.05) is 5.56 Å². The Labute approximate surface area is 87.7 Å². The lowest BCUT2D eigenvalue weighted by Crippen LogP contribution is -2.36. The van der Waals surface area contributed by atoms with Crippen molar-refractivity contribution in [1.82, 2.24) is 0 Å². The van der Waals surface area contributed by atoms with E-state index in [2.05, 4.69) is 5.92 Å². The van der Waals surface area contributed by atoms with Crippen LogP contribution in [0.3, 0.4) is 0 Å². The Bertz CT molecular complexity index is 378. The smallest absolute Gasteiger partial charge is 0.324 e. The highest BCUT2D eigenvalue weighted by molar-refractivity contribution is 5.73. The topological polar surface area (TPSA) is 72.5 Å². The molecule has 1 rings (SSSR count). The number of benzene rings is 1. The van der Waals surface area contributed by atoms with Crippen molar-refractivity contribution in [3.05, 3.63) is 29.8 Å². The fourth-order valence-electron chi connectivity index (χ4n) is 0.905. The van der Waals surface area contributed by atoms with Gasteiger partial charge in [-0.2, -0.15) is 0 Å². The Balaban J connectivity index is 2.52. The highest BCUT2D eigenvalue weighted by Gasteiger charge is 2.11. The average Bonchev–Trinajstić information content (AvgIpc) is 2.26. The maximum atomic E-state index is 10.4. The van der Waals surface area contributed by atoms with Crippen molar-refractivity contribution in [2.45, 2.75) is 6.04 Å². The number of terminal acetylenes is 1. The highest BCUT2D eigenvalue weighted by Crippen LogP contribution is 2.11. The van der Waals surface area contributed by atoms with Crippen molar-refractivity contribution in [3.63, 3.8) is 0 Å². The second kappa shape index (κ2) is 5.03. The summed E-state index contributed by atoms with van der Waals surface area (Å²) < 4.78 is 5.15. The minimum absolute atomic E-state index is 0.0647. The van der Waals surface area contributed by atoms with Crippen LogP contribution in [-0.2, 0) is 4.79 Å². The third kappa shape index (κ3) is 3.33. The Morgan fingerprint density at radius 3 is 2.60 bits per heavy atom. The molecule has 0 saturated carbocycles. The van der Waals surface area contributed by atoms with E-state index in [-0.39, 0.29) is 6.61 Å². The minimum atomic E-state index is -1.09. The van der Waals surface area contributed by atoms with Crippen molar-refractivity contribution in [2.24, 2.45) is 5.73 Å². The van der Waals surface area contributed by atoms with E-state index in [1.807, 2.05) is 0 Å². The van der Waals surface area contributed by atoms with E-state index in [1.54, 1.807) is 24.3 Å². The van der Waals surface area contributed by atoms with Crippen LogP contribution >= 0.6 is 0 Å². The van der Waals surface area contributed by atoms with E-state index >= 15 is 0 Å². The molecule has 78 valence electrons. The van der Waals surface area contributed by atoms with Crippen LogP contribution in [0, 0.1) is 12.3 Å². The molecule has 3 N–H and O–H groups in total. The van der Waals surface area contributed by atoms with Crippen molar-refractivity contribution in [3.8, 4) is 18.1 Å². The normalized spacial score (nSPS) is 11.5. The maximum Gasteiger partial charge on any atom is 0.324 e. The van der Waals surface area contributed by atoms with Crippen LogP contribution in [0.2, 0.25) is 0 Å². The van der Waals surface area contributed by atoms with Crippen LogP contribution in [0.5, 0.6) is 5.75 Å². The summed E-state index contributed by atoms with van der Waals surface area (Å²) in [7, 11) is 0. The van der Waals surface area contributed by atoms with E-state index in [1.165, 1.54) is 0 Å². The minimum Gasteiger partial charge on any atom is -0.491 e. The number of hydrogen-bond donors (Lipinski definition) is 2. The molecule has 0 aliphatic heterocycles. The first-order valence-electron chi connectivity index (χ1n) is 4.31. The van der Waals surface area contributed by atoms with Gasteiger partial charge in [0.2, 0.25) is 0 Å². The van der Waals surface area contributed by atoms with Gasteiger partial charge in [-0.15, -0.1) is 6.42 Å². The molecule has 1 atom stereocenters. The molecule has 0 saturated heterocycles. The summed E-state index contributed by atoms with van der Waals surface area (Å²) in [4.78, 5) is 10.4. The van der Waals surface area contributed by atoms with Gasteiger partial charge < -0.3 is 15.6 Å². The number of carbonyl (C=O) groups is 1. The van der Waals surface area contributed by atoms with Crippen molar-refractivity contribution in [1.29, 1.82) is 0 Å². The monoisotopic (exact) mass is 205 g/mol. The largest absolute Gasteiger partial charge is 0.491 e. The Hall–Kier alpha value is -1.99. The number of nitrogens with two attached hydrogens (primary N) is 1. The van der Waals surface area contributed by atoms with Gasteiger partial charge in [-0.3, -0.25) is 4.79 Å². The van der Waals surface area contributed by atoms with Gasteiger partial charge in [0.05, 0.1) is 0 Å². The summed E-state index contributed by atoms with van der Waals surface area (Å²) in [5.41, 5.74) is 6.00. The first kappa shape index (κ1) is 11.1. The number of carboxylic acids is 1. The van der Waals surface area contributed by atoms with Crippen molar-refractivity contribution >= 4 is 5.97 Å². The van der Waals surface area contributed by atoms with Gasteiger partial charge in [0.1, 0.15) is 18.4 Å². The fraction of sp³-hybridized carbons (Fsp3) is 0.182. The molecule has 0 spiro atoms. The van der Waals surface area contributed by atoms with Crippen LogP contribution in [0.1, 0.15) is 5.56 Å². The molecule has 0 aliphatic carbocycles. The second-order valence-electron chi connectivity index (χ2n) is 2.92. The van der Waals surface area contributed by atoms with E-state index in [0.29, 0.717) is 5.75 Å². The van der Waals surface area contributed by atoms with Gasteiger partial charge in [-0.05, 0) is 24.3 Å². The molecule has 0 fully saturated rings. The van der Waals surface area contributed by atoms with Gasteiger partial charge in [-0.25, -0.2) is 0 Å². The Morgan fingerprint density at radius 1 is 1.53 bits per heavy atom. The molecule has 15 heavy (non-hydrogen) atoms. The molecule has 4 heteroatoms. The zero-order valence-electron chi connectivity index (χ0n) is 8.01. The SMILES string of the molecule is C#Cc1ccc(OCC(N)C(=O)O)cc1. The number of ether oxygens (including phenoxy) is 1. The van der Waals surface area contributed by atoms with Gasteiger partial charge in [0.15, 0.2) is 0 Å². The summed E-state index contributed by atoms with van der Waals surface area (Å²) in [6, 6.07) is 5.74. The zero-order valence-corrected chi connectivity index (χ0v) is 8.01. The number of hydrogen-bond acceptors (Lipinski definition) is 3. The van der Waals surface area contributed by atoms with Crippen LogP contribution in [-0.4, -0.2) is 23.7 Å². The van der Waals surface area contributed by atoms with Gasteiger partial charge in [-0.1, -0.05) is 5.92 Å². The van der Waals surface area contributed by atoms with Crippen LogP contribution in [0.15, 0.2) is 24.3 Å². The van der Waals surface area contributed by atoms with E-state index in [0.717, 1.165) is 5.56 Å². The van der Waals surface area contributed by atoms with E-state index in [9.17, 15) is 4.79 Å². The Morgan fingerprint density at radius 2 is 2.13 bits per heavy atom.